The molecular weight excluding hydrogens is 292 g/mol. The minimum atomic E-state index is -0.441. The Hall–Kier alpha value is -1.52. The first kappa shape index (κ1) is 13.5. The van der Waals surface area contributed by atoms with E-state index in [4.69, 9.17) is 17.3 Å². The lowest BCUT2D eigenvalue weighted by Crippen LogP contribution is -2.14. The number of thiophene rings is 1. The van der Waals surface area contributed by atoms with Crippen LogP contribution in [0.5, 0.6) is 0 Å². The number of nitrogens with one attached hydrogen (secondary N) is 1. The number of amides is 1. The molecule has 1 atom stereocenters. The molecule has 5 heteroatoms. The predicted molar refractivity (Wildman–Crippen MR) is 83.4 cm³/mol. The van der Waals surface area contributed by atoms with Gasteiger partial charge in [0, 0.05) is 10.4 Å². The molecule has 1 aromatic heterocycles. The molecule has 104 valence electrons. The normalized spacial score (nSPS) is 15.8. The van der Waals surface area contributed by atoms with Gasteiger partial charge in [-0.2, -0.15) is 0 Å². The number of benzene rings is 1. The molecule has 1 saturated carbocycles. The third-order valence-corrected chi connectivity index (χ3v) is 4.79. The molecule has 2 aromatic rings. The van der Waals surface area contributed by atoms with Crippen molar-refractivity contribution < 1.29 is 4.79 Å². The number of hydrogen-bond acceptors (Lipinski definition) is 3. The highest BCUT2D eigenvalue weighted by Crippen LogP contribution is 2.44. The van der Waals surface area contributed by atoms with Crippen LogP contribution in [-0.4, -0.2) is 5.91 Å². The first-order valence-electron chi connectivity index (χ1n) is 6.54. The highest BCUT2D eigenvalue weighted by atomic mass is 35.5. The Morgan fingerprint density at radius 1 is 1.40 bits per heavy atom. The zero-order valence-electron chi connectivity index (χ0n) is 10.8. The van der Waals surface area contributed by atoms with Gasteiger partial charge in [-0.15, -0.1) is 11.3 Å². The molecule has 20 heavy (non-hydrogen) atoms. The molecular formula is C15H15ClN2OS. The van der Waals surface area contributed by atoms with Gasteiger partial charge in [0.25, 0.3) is 0 Å². The molecule has 0 spiro atoms. The van der Waals surface area contributed by atoms with Gasteiger partial charge in [-0.25, -0.2) is 0 Å². The van der Waals surface area contributed by atoms with Crippen molar-refractivity contribution in [2.75, 3.05) is 5.32 Å². The van der Waals surface area contributed by atoms with E-state index in [0.717, 1.165) is 5.69 Å². The van der Waals surface area contributed by atoms with Crippen molar-refractivity contribution in [3.63, 3.8) is 0 Å². The van der Waals surface area contributed by atoms with Gasteiger partial charge in [0.2, 0.25) is 5.91 Å². The summed E-state index contributed by atoms with van der Waals surface area (Å²) < 4.78 is 0. The van der Waals surface area contributed by atoms with Crippen LogP contribution in [-0.2, 0) is 0 Å². The molecule has 1 aliphatic carbocycles. The van der Waals surface area contributed by atoms with E-state index in [1.807, 2.05) is 0 Å². The molecule has 1 aliphatic rings. The zero-order valence-corrected chi connectivity index (χ0v) is 12.4. The fourth-order valence-corrected chi connectivity index (χ4v) is 3.32. The van der Waals surface area contributed by atoms with Crippen LogP contribution in [0, 0.1) is 5.92 Å². The second-order valence-electron chi connectivity index (χ2n) is 5.03. The Morgan fingerprint density at radius 3 is 2.80 bits per heavy atom. The topological polar surface area (TPSA) is 55.1 Å². The molecule has 0 radical (unpaired) electrons. The Balaban J connectivity index is 1.88. The van der Waals surface area contributed by atoms with Gasteiger partial charge in [0.1, 0.15) is 0 Å². The van der Waals surface area contributed by atoms with E-state index in [1.165, 1.54) is 17.7 Å². The fourth-order valence-electron chi connectivity index (χ4n) is 2.28. The molecule has 1 unspecified atom stereocenters. The summed E-state index contributed by atoms with van der Waals surface area (Å²) in [5.74, 6) is 0.200. The Kier molecular flexibility index (Phi) is 3.68. The molecule has 1 amide bonds. The van der Waals surface area contributed by atoms with E-state index >= 15 is 0 Å². The van der Waals surface area contributed by atoms with Crippen molar-refractivity contribution in [3.8, 4) is 0 Å². The van der Waals surface area contributed by atoms with E-state index in [2.05, 4.69) is 22.8 Å². The molecule has 0 aliphatic heterocycles. The predicted octanol–water partition coefficient (Wildman–Crippen LogP) is 4.06. The van der Waals surface area contributed by atoms with Gasteiger partial charge in [-0.3, -0.25) is 4.79 Å². The van der Waals surface area contributed by atoms with Crippen LogP contribution in [0.15, 0.2) is 35.7 Å². The second kappa shape index (κ2) is 5.46. The van der Waals surface area contributed by atoms with Crippen LogP contribution in [0.2, 0.25) is 5.02 Å². The number of nitrogens with two attached hydrogens (primary N) is 1. The summed E-state index contributed by atoms with van der Waals surface area (Å²) in [6, 6.07) is 9.53. The molecule has 1 heterocycles. The average molecular weight is 307 g/mol. The van der Waals surface area contributed by atoms with Crippen molar-refractivity contribution in [1.82, 2.24) is 0 Å². The van der Waals surface area contributed by atoms with Gasteiger partial charge in [-0.05, 0) is 48.4 Å². The van der Waals surface area contributed by atoms with Gasteiger partial charge < -0.3 is 11.1 Å². The van der Waals surface area contributed by atoms with Crippen LogP contribution in [0.25, 0.3) is 0 Å². The zero-order chi connectivity index (χ0) is 14.1. The maximum absolute atomic E-state index is 11.3. The second-order valence-corrected chi connectivity index (χ2v) is 6.42. The number of carbonyl (C=O) groups is 1. The quantitative estimate of drug-likeness (QED) is 0.875. The van der Waals surface area contributed by atoms with Crippen LogP contribution in [0.3, 0.4) is 0 Å². The fraction of sp³-hybridized carbons (Fsp3) is 0.267. The van der Waals surface area contributed by atoms with Crippen molar-refractivity contribution in [3.05, 3.63) is 51.2 Å². The van der Waals surface area contributed by atoms with Crippen LogP contribution < -0.4 is 11.1 Å². The Morgan fingerprint density at radius 2 is 2.20 bits per heavy atom. The molecule has 1 aromatic carbocycles. The summed E-state index contributed by atoms with van der Waals surface area (Å²) in [4.78, 5) is 12.6. The number of rotatable bonds is 5. The summed E-state index contributed by atoms with van der Waals surface area (Å²) in [7, 11) is 0. The summed E-state index contributed by atoms with van der Waals surface area (Å²) in [5, 5.41) is 6.16. The summed E-state index contributed by atoms with van der Waals surface area (Å²) in [6.07, 6.45) is 2.45. The summed E-state index contributed by atoms with van der Waals surface area (Å²) >= 11 is 7.96. The molecule has 3 N–H and O–H groups in total. The smallest absolute Gasteiger partial charge is 0.248 e. The molecule has 0 bridgehead atoms. The summed E-state index contributed by atoms with van der Waals surface area (Å²) in [6.45, 7) is 0. The largest absolute Gasteiger partial charge is 0.376 e. The third kappa shape index (κ3) is 2.81. The lowest BCUT2D eigenvalue weighted by Gasteiger charge is -2.19. The van der Waals surface area contributed by atoms with E-state index < -0.39 is 5.91 Å². The number of carbonyl (C=O) groups excluding carboxylic acids is 1. The molecule has 0 saturated heterocycles. The van der Waals surface area contributed by atoms with E-state index in [-0.39, 0.29) is 6.04 Å². The van der Waals surface area contributed by atoms with Crippen molar-refractivity contribution in [1.29, 1.82) is 0 Å². The Bertz CT molecular complexity index is 623. The number of primary amides is 1. The highest BCUT2D eigenvalue weighted by molar-refractivity contribution is 7.10. The lowest BCUT2D eigenvalue weighted by molar-refractivity contribution is 0.100. The first-order valence-corrected chi connectivity index (χ1v) is 7.80. The highest BCUT2D eigenvalue weighted by Gasteiger charge is 2.33. The van der Waals surface area contributed by atoms with Gasteiger partial charge in [0.15, 0.2) is 0 Å². The van der Waals surface area contributed by atoms with E-state index in [0.29, 0.717) is 16.5 Å². The number of anilines is 1. The van der Waals surface area contributed by atoms with Gasteiger partial charge in [-0.1, -0.05) is 17.7 Å². The van der Waals surface area contributed by atoms with Crippen LogP contribution in [0.4, 0.5) is 5.69 Å². The average Bonchev–Trinajstić information content (AvgIpc) is 3.12. The summed E-state index contributed by atoms with van der Waals surface area (Å²) in [5.41, 5.74) is 6.56. The van der Waals surface area contributed by atoms with Crippen molar-refractivity contribution in [2.24, 2.45) is 11.7 Å². The minimum absolute atomic E-state index is 0.260. The Labute approximate surface area is 126 Å². The third-order valence-electron chi connectivity index (χ3n) is 3.51. The van der Waals surface area contributed by atoms with Crippen LogP contribution >= 0.6 is 22.9 Å². The van der Waals surface area contributed by atoms with E-state index in [1.54, 1.807) is 29.5 Å². The maximum Gasteiger partial charge on any atom is 0.248 e. The van der Waals surface area contributed by atoms with Crippen molar-refractivity contribution >= 4 is 34.5 Å². The molecule has 3 rings (SSSR count). The van der Waals surface area contributed by atoms with Crippen molar-refractivity contribution in [2.45, 2.75) is 18.9 Å². The molecule has 1 fully saturated rings. The first-order chi connectivity index (χ1) is 9.65. The number of halogens is 1. The number of hydrogen-bond donors (Lipinski definition) is 2. The van der Waals surface area contributed by atoms with E-state index in [9.17, 15) is 4.79 Å². The maximum atomic E-state index is 11.3. The van der Waals surface area contributed by atoms with Crippen LogP contribution in [0.1, 0.15) is 34.1 Å². The monoisotopic (exact) mass is 306 g/mol. The molecule has 3 nitrogen and oxygen atoms in total. The standard InChI is InChI=1S/C15H15ClN2OS/c16-11-6-5-10(15(17)19)8-12(11)18-14(9-3-4-9)13-2-1-7-20-13/h1-2,5-9,14,18H,3-4H2,(H2,17,19). The minimum Gasteiger partial charge on any atom is -0.376 e. The van der Waals surface area contributed by atoms with Gasteiger partial charge in [0.05, 0.1) is 16.8 Å². The lowest BCUT2D eigenvalue weighted by atomic mass is 10.1. The van der Waals surface area contributed by atoms with Gasteiger partial charge >= 0.3 is 0 Å². The SMILES string of the molecule is NC(=O)c1ccc(Cl)c(NC(c2cccs2)C2CC2)c1.